The van der Waals surface area contributed by atoms with E-state index in [2.05, 4.69) is 10.6 Å². The van der Waals surface area contributed by atoms with Crippen LogP contribution in [0.4, 0.5) is 4.79 Å². The van der Waals surface area contributed by atoms with Gasteiger partial charge in [0.05, 0.1) is 6.54 Å². The minimum absolute atomic E-state index is 0.272. The summed E-state index contributed by atoms with van der Waals surface area (Å²) in [6, 6.07) is 16.1. The van der Waals surface area contributed by atoms with Crippen LogP contribution in [0.15, 0.2) is 54.6 Å². The number of hydrogen-bond acceptors (Lipinski definition) is 4. The molecule has 1 fully saturated rings. The van der Waals surface area contributed by atoms with Crippen LogP contribution in [-0.2, 0) is 15.1 Å². The van der Waals surface area contributed by atoms with Gasteiger partial charge in [-0.25, -0.2) is 4.79 Å². The number of nitrogens with zero attached hydrogens (tertiary/aromatic N) is 1. The highest BCUT2D eigenvalue weighted by molar-refractivity contribution is 6.09. The number of amides is 4. The van der Waals surface area contributed by atoms with Gasteiger partial charge in [-0.05, 0) is 36.6 Å². The molecule has 0 aliphatic carbocycles. The van der Waals surface area contributed by atoms with E-state index in [-0.39, 0.29) is 19.7 Å². The lowest BCUT2D eigenvalue weighted by Gasteiger charge is -2.25. The van der Waals surface area contributed by atoms with Crippen LogP contribution < -0.4 is 15.4 Å². The van der Waals surface area contributed by atoms with Crippen LogP contribution in [0.2, 0.25) is 0 Å². The molecule has 3 rings (SSSR count). The second kappa shape index (κ2) is 8.77. The highest BCUT2D eigenvalue weighted by Gasteiger charge is 2.51. The van der Waals surface area contributed by atoms with E-state index in [4.69, 9.17) is 4.74 Å². The van der Waals surface area contributed by atoms with Gasteiger partial charge in [0.25, 0.3) is 5.91 Å². The fourth-order valence-electron chi connectivity index (χ4n) is 3.40. The van der Waals surface area contributed by atoms with Gasteiger partial charge in [0.1, 0.15) is 24.4 Å². The molecule has 1 aliphatic rings. The predicted octanol–water partition coefficient (Wildman–Crippen LogP) is 2.35. The maximum atomic E-state index is 13.0. The molecule has 1 unspecified atom stereocenters. The van der Waals surface area contributed by atoms with Gasteiger partial charge in [0, 0.05) is 0 Å². The van der Waals surface area contributed by atoms with Crippen LogP contribution in [0.5, 0.6) is 5.75 Å². The Morgan fingerprint density at radius 2 is 1.90 bits per heavy atom. The zero-order chi connectivity index (χ0) is 20.9. The van der Waals surface area contributed by atoms with Crippen LogP contribution in [0, 0.1) is 6.92 Å². The van der Waals surface area contributed by atoms with Gasteiger partial charge in [-0.2, -0.15) is 0 Å². The van der Waals surface area contributed by atoms with Crippen molar-refractivity contribution < 1.29 is 19.1 Å². The van der Waals surface area contributed by atoms with E-state index >= 15 is 0 Å². The molecule has 1 aliphatic heterocycles. The van der Waals surface area contributed by atoms with Crippen molar-refractivity contribution in [2.45, 2.75) is 25.8 Å². The van der Waals surface area contributed by atoms with Gasteiger partial charge >= 0.3 is 6.03 Å². The standard InChI is InChI=1S/C22H25N3O4/c1-3-22(17-9-5-4-6-10-17)20(27)25(21(28)24-22)15-19(26)23-12-13-29-18-11-7-8-16(2)14-18/h4-11,14H,3,12-13,15H2,1-2H3,(H,23,26)(H,24,28). The van der Waals surface area contributed by atoms with Gasteiger partial charge < -0.3 is 15.4 Å². The van der Waals surface area contributed by atoms with Gasteiger partial charge in [-0.15, -0.1) is 0 Å². The van der Waals surface area contributed by atoms with Crippen molar-refractivity contribution in [1.82, 2.24) is 15.5 Å². The number of rotatable bonds is 8. The third-order valence-corrected chi connectivity index (χ3v) is 4.96. The SMILES string of the molecule is CCC1(c2ccccc2)NC(=O)N(CC(=O)NCCOc2cccc(C)c2)C1=O. The fourth-order valence-corrected chi connectivity index (χ4v) is 3.40. The second-order valence-corrected chi connectivity index (χ2v) is 6.96. The Hall–Kier alpha value is -3.35. The molecule has 0 saturated carbocycles. The Morgan fingerprint density at radius 3 is 2.59 bits per heavy atom. The van der Waals surface area contributed by atoms with Crippen molar-refractivity contribution in [2.24, 2.45) is 0 Å². The number of urea groups is 1. The zero-order valence-corrected chi connectivity index (χ0v) is 16.6. The van der Waals surface area contributed by atoms with Crippen molar-refractivity contribution in [3.05, 3.63) is 65.7 Å². The molecule has 2 N–H and O–H groups in total. The Morgan fingerprint density at radius 1 is 1.14 bits per heavy atom. The first-order valence-electron chi connectivity index (χ1n) is 9.62. The number of nitrogens with one attached hydrogen (secondary N) is 2. The lowest BCUT2D eigenvalue weighted by Crippen LogP contribution is -2.45. The smallest absolute Gasteiger partial charge is 0.325 e. The van der Waals surface area contributed by atoms with Crippen molar-refractivity contribution in [2.75, 3.05) is 19.7 Å². The molecule has 0 bridgehead atoms. The Bertz CT molecular complexity index is 900. The molecule has 4 amide bonds. The lowest BCUT2D eigenvalue weighted by atomic mass is 9.87. The molecule has 7 heteroatoms. The van der Waals surface area contributed by atoms with E-state index in [1.807, 2.05) is 56.3 Å². The molecule has 2 aromatic carbocycles. The van der Waals surface area contributed by atoms with E-state index in [1.165, 1.54) is 0 Å². The third-order valence-electron chi connectivity index (χ3n) is 4.96. The van der Waals surface area contributed by atoms with E-state index < -0.39 is 23.4 Å². The van der Waals surface area contributed by atoms with Gasteiger partial charge in [-0.1, -0.05) is 49.4 Å². The van der Waals surface area contributed by atoms with Gasteiger partial charge in [0.2, 0.25) is 5.91 Å². The predicted molar refractivity (Wildman–Crippen MR) is 108 cm³/mol. The highest BCUT2D eigenvalue weighted by atomic mass is 16.5. The molecule has 2 aromatic rings. The number of hydrogen-bond donors (Lipinski definition) is 2. The Labute approximate surface area is 170 Å². The van der Waals surface area contributed by atoms with E-state index in [9.17, 15) is 14.4 Å². The van der Waals surface area contributed by atoms with Crippen molar-refractivity contribution >= 4 is 17.8 Å². The van der Waals surface area contributed by atoms with Crippen LogP contribution in [0.3, 0.4) is 0 Å². The van der Waals surface area contributed by atoms with Crippen molar-refractivity contribution in [3.8, 4) is 5.75 Å². The summed E-state index contributed by atoms with van der Waals surface area (Å²) in [5.41, 5.74) is 0.658. The largest absolute Gasteiger partial charge is 0.492 e. The molecule has 7 nitrogen and oxygen atoms in total. The summed E-state index contributed by atoms with van der Waals surface area (Å²) in [6.07, 6.45) is 0.393. The fraction of sp³-hybridized carbons (Fsp3) is 0.318. The summed E-state index contributed by atoms with van der Waals surface area (Å²) in [5.74, 6) is -0.104. The molecule has 0 spiro atoms. The maximum Gasteiger partial charge on any atom is 0.325 e. The number of aryl methyl sites for hydroxylation is 1. The summed E-state index contributed by atoms with van der Waals surface area (Å²) in [5, 5.41) is 5.45. The molecule has 1 atom stereocenters. The lowest BCUT2D eigenvalue weighted by molar-refractivity contribution is -0.135. The molecule has 29 heavy (non-hydrogen) atoms. The molecule has 0 aromatic heterocycles. The van der Waals surface area contributed by atoms with Crippen LogP contribution in [0.25, 0.3) is 0 Å². The van der Waals surface area contributed by atoms with Crippen LogP contribution in [-0.4, -0.2) is 42.4 Å². The first-order chi connectivity index (χ1) is 14.0. The summed E-state index contributed by atoms with van der Waals surface area (Å²) < 4.78 is 5.58. The summed E-state index contributed by atoms with van der Waals surface area (Å²) in [7, 11) is 0. The molecular weight excluding hydrogens is 370 g/mol. The minimum atomic E-state index is -1.13. The summed E-state index contributed by atoms with van der Waals surface area (Å²) >= 11 is 0. The van der Waals surface area contributed by atoms with Crippen molar-refractivity contribution in [3.63, 3.8) is 0 Å². The normalized spacial score (nSPS) is 18.5. The topological polar surface area (TPSA) is 87.7 Å². The molecule has 152 valence electrons. The van der Waals surface area contributed by atoms with Gasteiger partial charge in [0.15, 0.2) is 0 Å². The molecular formula is C22H25N3O4. The van der Waals surface area contributed by atoms with Crippen LogP contribution >= 0.6 is 0 Å². The van der Waals surface area contributed by atoms with Crippen molar-refractivity contribution in [1.29, 1.82) is 0 Å². The first kappa shape index (κ1) is 20.4. The Kier molecular flexibility index (Phi) is 6.16. The first-order valence-corrected chi connectivity index (χ1v) is 9.62. The monoisotopic (exact) mass is 395 g/mol. The zero-order valence-electron chi connectivity index (χ0n) is 16.6. The number of carbonyl (C=O) groups excluding carboxylic acids is 3. The molecule has 0 radical (unpaired) electrons. The highest BCUT2D eigenvalue weighted by Crippen LogP contribution is 2.32. The van der Waals surface area contributed by atoms with Gasteiger partial charge in [-0.3, -0.25) is 14.5 Å². The van der Waals surface area contributed by atoms with E-state index in [1.54, 1.807) is 12.1 Å². The minimum Gasteiger partial charge on any atom is -0.492 e. The second-order valence-electron chi connectivity index (χ2n) is 6.96. The quantitative estimate of drug-likeness (QED) is 0.531. The average Bonchev–Trinajstić information content (AvgIpc) is 2.97. The van der Waals surface area contributed by atoms with Crippen LogP contribution in [0.1, 0.15) is 24.5 Å². The van der Waals surface area contributed by atoms with E-state index in [0.717, 1.165) is 16.2 Å². The number of imide groups is 1. The Balaban J connectivity index is 1.55. The molecule has 1 heterocycles. The number of ether oxygens (including phenoxy) is 1. The summed E-state index contributed by atoms with van der Waals surface area (Å²) in [6.45, 7) is 4.03. The average molecular weight is 395 g/mol. The third kappa shape index (κ3) is 4.39. The molecule has 1 saturated heterocycles. The van der Waals surface area contributed by atoms with E-state index in [0.29, 0.717) is 12.0 Å². The maximum absolute atomic E-state index is 13.0. The number of benzene rings is 2. The summed E-state index contributed by atoms with van der Waals surface area (Å²) in [4.78, 5) is 38.6. The number of carbonyl (C=O) groups is 3.